The van der Waals surface area contributed by atoms with Crippen molar-refractivity contribution < 1.29 is 0 Å². The van der Waals surface area contributed by atoms with Crippen LogP contribution in [0, 0.1) is 5.92 Å². The van der Waals surface area contributed by atoms with Crippen LogP contribution in [0.3, 0.4) is 0 Å². The van der Waals surface area contributed by atoms with Gasteiger partial charge in [0.2, 0.25) is 0 Å². The summed E-state index contributed by atoms with van der Waals surface area (Å²) >= 11 is 4.14. The van der Waals surface area contributed by atoms with Crippen LogP contribution in [-0.4, -0.2) is 5.75 Å². The molecule has 1 aliphatic carbocycles. The average Bonchev–Trinajstić information content (AvgIpc) is 2.51. The fourth-order valence-corrected chi connectivity index (χ4v) is 1.17. The zero-order chi connectivity index (χ0) is 5.82. The van der Waals surface area contributed by atoms with E-state index in [1.165, 1.54) is 32.1 Å². The first kappa shape index (κ1) is 6.47. The van der Waals surface area contributed by atoms with Crippen molar-refractivity contribution in [2.45, 2.75) is 32.1 Å². The van der Waals surface area contributed by atoms with Crippen molar-refractivity contribution in [3.8, 4) is 0 Å². The molecule has 0 heterocycles. The molecule has 1 fully saturated rings. The highest BCUT2D eigenvalue weighted by Gasteiger charge is 2.19. The van der Waals surface area contributed by atoms with Crippen LogP contribution in [0.15, 0.2) is 0 Å². The topological polar surface area (TPSA) is 0 Å². The molecular formula is C7H14S. The monoisotopic (exact) mass is 130 g/mol. The van der Waals surface area contributed by atoms with Crippen LogP contribution in [0.2, 0.25) is 0 Å². The molecule has 0 bridgehead atoms. The summed E-state index contributed by atoms with van der Waals surface area (Å²) in [4.78, 5) is 0. The predicted molar refractivity (Wildman–Crippen MR) is 40.4 cm³/mol. The molecule has 0 unspecified atom stereocenters. The molecule has 0 aliphatic heterocycles. The molecule has 48 valence electrons. The normalized spacial score (nSPS) is 19.1. The summed E-state index contributed by atoms with van der Waals surface area (Å²) in [7, 11) is 0. The number of hydrogen-bond acceptors (Lipinski definition) is 1. The van der Waals surface area contributed by atoms with Gasteiger partial charge in [0.15, 0.2) is 0 Å². The van der Waals surface area contributed by atoms with Crippen LogP contribution in [0.4, 0.5) is 0 Å². The van der Waals surface area contributed by atoms with Gasteiger partial charge in [-0.05, 0) is 18.1 Å². The van der Waals surface area contributed by atoms with E-state index in [2.05, 4.69) is 12.6 Å². The second-order valence-electron chi connectivity index (χ2n) is 2.66. The van der Waals surface area contributed by atoms with Gasteiger partial charge in [0.25, 0.3) is 0 Å². The van der Waals surface area contributed by atoms with Gasteiger partial charge in [-0.25, -0.2) is 0 Å². The van der Waals surface area contributed by atoms with E-state index in [-0.39, 0.29) is 0 Å². The molecule has 0 nitrogen and oxygen atoms in total. The number of unbranched alkanes of at least 4 members (excludes halogenated alkanes) is 1. The van der Waals surface area contributed by atoms with Gasteiger partial charge in [0, 0.05) is 0 Å². The largest absolute Gasteiger partial charge is 0.179 e. The molecule has 0 N–H and O–H groups in total. The van der Waals surface area contributed by atoms with Crippen LogP contribution >= 0.6 is 12.6 Å². The molecule has 1 heteroatoms. The van der Waals surface area contributed by atoms with Gasteiger partial charge >= 0.3 is 0 Å². The maximum Gasteiger partial charge on any atom is -0.00979 e. The van der Waals surface area contributed by atoms with Crippen LogP contribution in [0.25, 0.3) is 0 Å². The van der Waals surface area contributed by atoms with Crippen LogP contribution in [0.1, 0.15) is 32.1 Å². The van der Waals surface area contributed by atoms with Gasteiger partial charge in [-0.1, -0.05) is 25.7 Å². The predicted octanol–water partition coefficient (Wildman–Crippen LogP) is 2.50. The van der Waals surface area contributed by atoms with Gasteiger partial charge in [-0.3, -0.25) is 0 Å². The molecule has 1 rings (SSSR count). The van der Waals surface area contributed by atoms with E-state index in [4.69, 9.17) is 0 Å². The number of thiol groups is 1. The Labute approximate surface area is 57.1 Å². The molecule has 0 spiro atoms. The lowest BCUT2D eigenvalue weighted by molar-refractivity contribution is 0.658. The summed E-state index contributed by atoms with van der Waals surface area (Å²) in [5.41, 5.74) is 0. The molecule has 0 aromatic carbocycles. The second kappa shape index (κ2) is 3.39. The summed E-state index contributed by atoms with van der Waals surface area (Å²) < 4.78 is 0. The zero-order valence-electron chi connectivity index (χ0n) is 5.27. The van der Waals surface area contributed by atoms with E-state index in [0.717, 1.165) is 11.7 Å². The summed E-state index contributed by atoms with van der Waals surface area (Å²) in [5, 5.41) is 0. The number of rotatable bonds is 4. The number of hydrogen-bond donors (Lipinski definition) is 1. The Morgan fingerprint density at radius 1 is 1.25 bits per heavy atom. The minimum absolute atomic E-state index is 1.08. The highest BCUT2D eigenvalue weighted by molar-refractivity contribution is 7.80. The minimum atomic E-state index is 1.08. The first-order valence-electron chi connectivity index (χ1n) is 3.54. The Balaban J connectivity index is 1.74. The Bertz CT molecular complexity index is 57.4. The van der Waals surface area contributed by atoms with Crippen LogP contribution in [0.5, 0.6) is 0 Å². The van der Waals surface area contributed by atoms with Crippen molar-refractivity contribution in [2.75, 3.05) is 5.75 Å². The molecule has 0 radical (unpaired) electrons. The molecule has 0 atom stereocenters. The fraction of sp³-hybridized carbons (Fsp3) is 1.00. The Hall–Kier alpha value is 0.350. The van der Waals surface area contributed by atoms with E-state index < -0.39 is 0 Å². The van der Waals surface area contributed by atoms with Crippen molar-refractivity contribution in [1.82, 2.24) is 0 Å². The average molecular weight is 130 g/mol. The smallest absolute Gasteiger partial charge is 0.00979 e. The van der Waals surface area contributed by atoms with Crippen molar-refractivity contribution in [3.63, 3.8) is 0 Å². The molecular weight excluding hydrogens is 116 g/mol. The molecule has 1 aliphatic rings. The van der Waals surface area contributed by atoms with Gasteiger partial charge in [0.05, 0.1) is 0 Å². The fourth-order valence-electron chi connectivity index (χ4n) is 0.951. The Morgan fingerprint density at radius 2 is 2.00 bits per heavy atom. The second-order valence-corrected chi connectivity index (χ2v) is 3.11. The molecule has 0 amide bonds. The van der Waals surface area contributed by atoms with Gasteiger partial charge in [-0.2, -0.15) is 12.6 Å². The molecule has 1 saturated carbocycles. The first-order chi connectivity index (χ1) is 3.93. The van der Waals surface area contributed by atoms with Crippen molar-refractivity contribution in [3.05, 3.63) is 0 Å². The summed E-state index contributed by atoms with van der Waals surface area (Å²) in [5.74, 6) is 2.20. The summed E-state index contributed by atoms with van der Waals surface area (Å²) in [6, 6.07) is 0. The van der Waals surface area contributed by atoms with Crippen LogP contribution in [-0.2, 0) is 0 Å². The van der Waals surface area contributed by atoms with E-state index in [1.54, 1.807) is 0 Å². The van der Waals surface area contributed by atoms with E-state index in [0.29, 0.717) is 0 Å². The zero-order valence-corrected chi connectivity index (χ0v) is 6.16. The Morgan fingerprint density at radius 3 is 2.50 bits per heavy atom. The highest BCUT2D eigenvalue weighted by Crippen LogP contribution is 2.33. The van der Waals surface area contributed by atoms with Crippen LogP contribution < -0.4 is 0 Å². The lowest BCUT2D eigenvalue weighted by Crippen LogP contribution is -1.78. The first-order valence-corrected chi connectivity index (χ1v) is 4.17. The minimum Gasteiger partial charge on any atom is -0.179 e. The van der Waals surface area contributed by atoms with E-state index in [1.807, 2.05) is 0 Å². The quantitative estimate of drug-likeness (QED) is 0.438. The Kier molecular flexibility index (Phi) is 2.74. The van der Waals surface area contributed by atoms with Gasteiger partial charge < -0.3 is 0 Å². The third-order valence-electron chi connectivity index (χ3n) is 1.72. The third kappa shape index (κ3) is 2.61. The molecule has 0 aromatic heterocycles. The van der Waals surface area contributed by atoms with Gasteiger partial charge in [0.1, 0.15) is 0 Å². The maximum atomic E-state index is 4.14. The third-order valence-corrected chi connectivity index (χ3v) is 2.03. The van der Waals surface area contributed by atoms with E-state index in [9.17, 15) is 0 Å². The summed E-state index contributed by atoms with van der Waals surface area (Å²) in [6.45, 7) is 0. The highest BCUT2D eigenvalue weighted by atomic mass is 32.1. The van der Waals surface area contributed by atoms with Crippen molar-refractivity contribution in [2.24, 2.45) is 5.92 Å². The summed E-state index contributed by atoms with van der Waals surface area (Å²) in [6.07, 6.45) is 7.22. The van der Waals surface area contributed by atoms with E-state index >= 15 is 0 Å². The van der Waals surface area contributed by atoms with Crippen molar-refractivity contribution >= 4 is 12.6 Å². The standard InChI is InChI=1S/C7H14S/c8-6-2-1-3-7-4-5-7/h7-8H,1-6H2. The molecule has 0 saturated heterocycles. The van der Waals surface area contributed by atoms with Crippen molar-refractivity contribution in [1.29, 1.82) is 0 Å². The van der Waals surface area contributed by atoms with Gasteiger partial charge in [-0.15, -0.1) is 0 Å². The lowest BCUT2D eigenvalue weighted by Gasteiger charge is -1.92. The lowest BCUT2D eigenvalue weighted by atomic mass is 10.2. The SMILES string of the molecule is SCCCCC1CC1. The maximum absolute atomic E-state index is 4.14. The molecule has 0 aromatic rings. The molecule has 8 heavy (non-hydrogen) atoms.